The fourth-order valence-electron chi connectivity index (χ4n) is 5.11. The predicted molar refractivity (Wildman–Crippen MR) is 153 cm³/mol. The molecule has 5 atom stereocenters. The van der Waals surface area contributed by atoms with Crippen LogP contribution in [0.3, 0.4) is 0 Å². The maximum Gasteiger partial charge on any atom is 0.338 e. The average Bonchev–Trinajstić information content (AvgIpc) is 2.99. The van der Waals surface area contributed by atoms with Crippen LogP contribution in [0.25, 0.3) is 11.0 Å². The number of aromatic hydroxyl groups is 8. The van der Waals surface area contributed by atoms with Crippen LogP contribution in [0, 0.1) is 6.92 Å². The van der Waals surface area contributed by atoms with E-state index >= 15 is 0 Å². The van der Waals surface area contributed by atoms with Crippen LogP contribution in [-0.4, -0.2) is 94.0 Å². The van der Waals surface area contributed by atoms with Crippen molar-refractivity contribution in [3.8, 4) is 46.0 Å². The summed E-state index contributed by atoms with van der Waals surface area (Å²) >= 11 is 0. The van der Waals surface area contributed by atoms with Crippen molar-refractivity contribution in [2.75, 3.05) is 6.61 Å². The highest BCUT2D eigenvalue weighted by Crippen LogP contribution is 2.45. The van der Waals surface area contributed by atoms with E-state index in [0.717, 1.165) is 12.1 Å². The first-order valence-corrected chi connectivity index (χ1v) is 13.5. The summed E-state index contributed by atoms with van der Waals surface area (Å²) in [6.07, 6.45) is -9.65. The van der Waals surface area contributed by atoms with Crippen LogP contribution in [0.4, 0.5) is 0 Å². The van der Waals surface area contributed by atoms with E-state index < -0.39 is 128 Å². The van der Waals surface area contributed by atoms with Crippen molar-refractivity contribution in [2.24, 2.45) is 0 Å². The number of carbonyl (C=O) groups is 2. The van der Waals surface area contributed by atoms with E-state index in [1.54, 1.807) is 0 Å². The number of hydrogen-bond acceptors (Lipinski definition) is 17. The molecular weight excluding hydrogens is 632 g/mol. The Labute approximate surface area is 261 Å². The third-order valence-corrected chi connectivity index (χ3v) is 7.34. The number of fused-ring (bicyclic) bond motifs is 1. The fraction of sp³-hybridized carbons (Fsp3) is 0.233. The van der Waals surface area contributed by atoms with Crippen LogP contribution < -0.4 is 5.43 Å². The van der Waals surface area contributed by atoms with E-state index in [2.05, 4.69) is 0 Å². The van der Waals surface area contributed by atoms with Crippen LogP contribution in [0.1, 0.15) is 38.1 Å². The monoisotopic (exact) mass is 658 g/mol. The third-order valence-electron chi connectivity index (χ3n) is 7.34. The second-order valence-electron chi connectivity index (χ2n) is 10.5. The number of hydrogen-bond donors (Lipinski definition) is 10. The maximum atomic E-state index is 13.4. The topological polar surface area (TPSA) is 294 Å². The normalized spacial score (nSPS) is 21.0. The Morgan fingerprint density at radius 3 is 1.70 bits per heavy atom. The molecule has 0 radical (unpaired) electrons. The second-order valence-corrected chi connectivity index (χ2v) is 10.5. The molecule has 1 aliphatic rings. The van der Waals surface area contributed by atoms with Gasteiger partial charge >= 0.3 is 11.9 Å². The molecule has 0 amide bonds. The number of aliphatic hydroxyl groups excluding tert-OH is 2. The van der Waals surface area contributed by atoms with Crippen LogP contribution in [-0.2, 0) is 14.2 Å². The predicted octanol–water partition coefficient (Wildman–Crippen LogP) is 0.991. The third kappa shape index (κ3) is 5.81. The highest BCUT2D eigenvalue weighted by atomic mass is 16.6. The van der Waals surface area contributed by atoms with Crippen LogP contribution in [0.5, 0.6) is 46.0 Å². The van der Waals surface area contributed by atoms with Crippen molar-refractivity contribution < 1.29 is 79.3 Å². The lowest BCUT2D eigenvalue weighted by molar-refractivity contribution is -0.231. The van der Waals surface area contributed by atoms with Gasteiger partial charge in [0.25, 0.3) is 0 Å². The number of rotatable bonds is 6. The quantitative estimate of drug-likeness (QED) is 0.102. The van der Waals surface area contributed by atoms with Gasteiger partial charge in [-0.1, -0.05) is 0 Å². The zero-order valence-corrected chi connectivity index (χ0v) is 23.9. The summed E-state index contributed by atoms with van der Waals surface area (Å²) in [7, 11) is 0. The number of carbonyl (C=O) groups excluding carboxylic acids is 2. The number of phenolic OH excluding ortho intramolecular Hbond substituents is 8. The summed E-state index contributed by atoms with van der Waals surface area (Å²) in [6, 6.07) is 4.56. The summed E-state index contributed by atoms with van der Waals surface area (Å²) in [4.78, 5) is 39.4. The summed E-state index contributed by atoms with van der Waals surface area (Å²) in [5.74, 6) is -10.0. The van der Waals surface area contributed by atoms with E-state index in [4.69, 9.17) is 18.6 Å². The molecule has 1 aromatic heterocycles. The summed E-state index contributed by atoms with van der Waals surface area (Å²) in [5.41, 5.74) is -2.89. The molecule has 17 heteroatoms. The van der Waals surface area contributed by atoms with Gasteiger partial charge in [-0.05, 0) is 31.2 Å². The molecule has 0 bridgehead atoms. The van der Waals surface area contributed by atoms with Crippen molar-refractivity contribution in [2.45, 2.75) is 37.4 Å². The number of benzene rings is 3. The van der Waals surface area contributed by atoms with E-state index in [1.807, 2.05) is 0 Å². The van der Waals surface area contributed by atoms with Crippen LogP contribution in [0.15, 0.2) is 45.6 Å². The Hall–Kier alpha value is -5.91. The molecule has 17 nitrogen and oxygen atoms in total. The molecule has 4 aromatic rings. The van der Waals surface area contributed by atoms with Gasteiger partial charge in [-0.3, -0.25) is 4.79 Å². The van der Waals surface area contributed by atoms with Gasteiger partial charge < -0.3 is 69.7 Å². The number of phenols is 8. The Balaban J connectivity index is 1.69. The van der Waals surface area contributed by atoms with Gasteiger partial charge in [0.1, 0.15) is 41.0 Å². The average molecular weight is 659 g/mol. The molecule has 0 aliphatic carbocycles. The summed E-state index contributed by atoms with van der Waals surface area (Å²) in [5, 5.41) is 101. The Bertz CT molecular complexity index is 1920. The Morgan fingerprint density at radius 2 is 1.21 bits per heavy atom. The molecule has 1 saturated heterocycles. The number of ether oxygens (including phenoxy) is 3. The number of aliphatic hydroxyl groups is 2. The maximum absolute atomic E-state index is 13.4. The minimum atomic E-state index is -2.05. The minimum Gasteiger partial charge on any atom is -0.507 e. The summed E-state index contributed by atoms with van der Waals surface area (Å²) in [6.45, 7) is 0.398. The lowest BCUT2D eigenvalue weighted by Gasteiger charge is -2.43. The van der Waals surface area contributed by atoms with Gasteiger partial charge in [0.2, 0.25) is 0 Å². The van der Waals surface area contributed by atoms with Gasteiger partial charge in [0.05, 0.1) is 23.3 Å². The van der Waals surface area contributed by atoms with Crippen LogP contribution in [0.2, 0.25) is 0 Å². The Morgan fingerprint density at radius 1 is 0.723 bits per heavy atom. The first-order chi connectivity index (χ1) is 22.1. The molecular formula is C30H26O17. The molecule has 1 aliphatic heterocycles. The Kier molecular flexibility index (Phi) is 8.38. The molecule has 47 heavy (non-hydrogen) atoms. The highest BCUT2D eigenvalue weighted by Gasteiger charge is 2.52. The highest BCUT2D eigenvalue weighted by molar-refractivity contribution is 5.93. The number of esters is 2. The number of aryl methyl sites for hydroxylation is 1. The van der Waals surface area contributed by atoms with Gasteiger partial charge in [0, 0.05) is 12.1 Å². The smallest absolute Gasteiger partial charge is 0.338 e. The molecule has 248 valence electrons. The summed E-state index contributed by atoms with van der Waals surface area (Å²) < 4.78 is 22.4. The SMILES string of the molecule is Cc1cc(=O)c2c(O)cc(O)c(C3OC(CO)C(O)C(OC(=O)c4cc(O)c(O)c(O)c4)C3OC(=O)c3cc(O)c(O)c(O)c3)c2o1. The molecule has 10 N–H and O–H groups in total. The largest absolute Gasteiger partial charge is 0.507 e. The zero-order chi connectivity index (χ0) is 34.5. The van der Waals surface area contributed by atoms with E-state index in [-0.39, 0.29) is 5.76 Å². The van der Waals surface area contributed by atoms with Crippen molar-refractivity contribution in [1.29, 1.82) is 0 Å². The first-order valence-electron chi connectivity index (χ1n) is 13.5. The molecule has 1 fully saturated rings. The van der Waals surface area contributed by atoms with E-state index in [1.165, 1.54) is 6.92 Å². The first kappa shape index (κ1) is 32.5. The molecule has 0 saturated carbocycles. The molecule has 0 spiro atoms. The molecule has 2 heterocycles. The van der Waals surface area contributed by atoms with Crippen molar-refractivity contribution >= 4 is 22.9 Å². The van der Waals surface area contributed by atoms with Gasteiger partial charge in [-0.15, -0.1) is 0 Å². The second kappa shape index (κ2) is 12.1. The van der Waals surface area contributed by atoms with Crippen molar-refractivity contribution in [1.82, 2.24) is 0 Å². The van der Waals surface area contributed by atoms with Gasteiger partial charge in [-0.25, -0.2) is 9.59 Å². The van der Waals surface area contributed by atoms with E-state index in [9.17, 15) is 65.4 Å². The lowest BCUT2D eigenvalue weighted by Crippen LogP contribution is -2.58. The fourth-order valence-corrected chi connectivity index (χ4v) is 5.11. The zero-order valence-electron chi connectivity index (χ0n) is 23.9. The molecule has 5 rings (SSSR count). The van der Waals surface area contributed by atoms with Crippen molar-refractivity contribution in [3.63, 3.8) is 0 Å². The molecule has 5 unspecified atom stereocenters. The standard InChI is InChI=1S/C30H26O17/c1-9-2-12(32)20-13(33)7-14(34)21(25(20)44-9)26-28(47-30(43)11-5-17(37)23(40)18(38)6-11)27(24(41)19(8-31)45-26)46-29(42)10-3-15(35)22(39)16(36)4-10/h2-7,19,24,26-28,31,33-41H,8H2,1H3. The van der Waals surface area contributed by atoms with Crippen molar-refractivity contribution in [3.05, 3.63) is 69.1 Å². The lowest BCUT2D eigenvalue weighted by atomic mass is 9.89. The van der Waals surface area contributed by atoms with Gasteiger partial charge in [-0.2, -0.15) is 0 Å². The molecule has 3 aromatic carbocycles. The minimum absolute atomic E-state index is 0.0122. The van der Waals surface area contributed by atoms with E-state index in [0.29, 0.717) is 24.3 Å². The van der Waals surface area contributed by atoms with Gasteiger partial charge in [0.15, 0.2) is 57.7 Å². The van der Waals surface area contributed by atoms with Crippen LogP contribution >= 0.6 is 0 Å².